The summed E-state index contributed by atoms with van der Waals surface area (Å²) in [5, 5.41) is 0. The van der Waals surface area contributed by atoms with Gasteiger partial charge < -0.3 is 0 Å². The summed E-state index contributed by atoms with van der Waals surface area (Å²) in [7, 11) is 0. The Labute approximate surface area is 201 Å². The molecule has 0 spiro atoms. The Balaban J connectivity index is 1.38. The third-order valence-electron chi connectivity index (χ3n) is 4.58. The first-order valence-electron chi connectivity index (χ1n) is 9.34. The van der Waals surface area contributed by atoms with Crippen molar-refractivity contribution in [1.29, 1.82) is 0 Å². The lowest BCUT2D eigenvalue weighted by Gasteiger charge is -2.04. The average molecular weight is 495 g/mol. The van der Waals surface area contributed by atoms with Gasteiger partial charge in [-0.05, 0) is 54.1 Å². The van der Waals surface area contributed by atoms with E-state index in [0.717, 1.165) is 0 Å². The quantitative estimate of drug-likeness (QED) is 0.345. The Morgan fingerprint density at radius 1 is 0.433 bits per heavy atom. The van der Waals surface area contributed by atoms with Crippen LogP contribution in [0.2, 0.25) is 0 Å². The first-order chi connectivity index (χ1) is 14.8. The van der Waals surface area contributed by atoms with Crippen LogP contribution < -0.4 is 0 Å². The Hall–Kier alpha value is -1.02. The first-order valence-corrected chi connectivity index (χ1v) is 14.2. The molecule has 0 nitrogen and oxygen atoms in total. The van der Waals surface area contributed by atoms with Crippen molar-refractivity contribution in [3.05, 3.63) is 103 Å². The van der Waals surface area contributed by atoms with Crippen LogP contribution in [0.25, 0.3) is 0 Å². The van der Waals surface area contributed by atoms with E-state index in [-0.39, 0.29) is 0 Å². The molecule has 0 saturated carbocycles. The minimum atomic E-state index is 1.31. The summed E-state index contributed by atoms with van der Waals surface area (Å²) < 4.78 is 4.06. The van der Waals surface area contributed by atoms with E-state index >= 15 is 0 Å². The van der Waals surface area contributed by atoms with Crippen molar-refractivity contribution < 1.29 is 0 Å². The summed E-state index contributed by atoms with van der Waals surface area (Å²) in [6.45, 7) is 0. The van der Waals surface area contributed by atoms with E-state index in [9.17, 15) is 0 Å². The van der Waals surface area contributed by atoms with Crippen molar-refractivity contribution in [2.24, 2.45) is 0 Å². The van der Waals surface area contributed by atoms with Gasteiger partial charge in [0.25, 0.3) is 0 Å². The third-order valence-corrected chi connectivity index (χ3v) is 12.0. The summed E-state index contributed by atoms with van der Waals surface area (Å²) in [5.74, 6) is 0. The first kappa shape index (κ1) is 19.6. The molecule has 0 unspecified atom stereocenters. The predicted molar refractivity (Wildman–Crippen MR) is 138 cm³/mol. The molecule has 0 bridgehead atoms. The van der Waals surface area contributed by atoms with E-state index in [2.05, 4.69) is 84.9 Å². The normalized spacial score (nSPS) is 16.3. The molecule has 0 aromatic heterocycles. The van der Waals surface area contributed by atoms with Gasteiger partial charge in [-0.2, -0.15) is 0 Å². The number of benzene rings is 3. The Morgan fingerprint density at radius 2 is 0.733 bits per heavy atom. The highest BCUT2D eigenvalue weighted by Crippen LogP contribution is 2.57. The molecule has 6 rings (SSSR count). The van der Waals surface area contributed by atoms with Gasteiger partial charge in [-0.15, -0.1) is 0 Å². The van der Waals surface area contributed by atoms with Crippen molar-refractivity contribution in [1.82, 2.24) is 0 Å². The van der Waals surface area contributed by atoms with Gasteiger partial charge in [-0.3, -0.25) is 0 Å². The molecule has 0 radical (unpaired) electrons. The minimum Gasteiger partial charge on any atom is -0.0815 e. The Morgan fingerprint density at radius 3 is 1.07 bits per heavy atom. The number of hydrogen-bond donors (Lipinski definition) is 0. The van der Waals surface area contributed by atoms with Crippen LogP contribution in [0.3, 0.4) is 0 Å². The maximum Gasteiger partial charge on any atom is 0.0573 e. The highest BCUT2D eigenvalue weighted by molar-refractivity contribution is 8.25. The van der Waals surface area contributed by atoms with E-state index in [1.165, 1.54) is 47.7 Å². The van der Waals surface area contributed by atoms with Gasteiger partial charge in [0.1, 0.15) is 0 Å². The van der Waals surface area contributed by atoms with E-state index in [4.69, 9.17) is 0 Å². The molecule has 3 aromatic rings. The van der Waals surface area contributed by atoms with Crippen molar-refractivity contribution in [2.75, 3.05) is 0 Å². The van der Waals surface area contributed by atoms with Crippen molar-refractivity contribution in [3.63, 3.8) is 0 Å². The predicted octanol–water partition coefficient (Wildman–Crippen LogP) is 9.57. The second-order valence-corrected chi connectivity index (χ2v) is 13.8. The second kappa shape index (κ2) is 8.49. The molecule has 0 amide bonds. The standard InChI is InChI=1S/C24H14S6/c1-2-8-17-16(7-1)25-22(26-17)13-15(24-29-20-11-5-6-12-21(20)30-24)14-23-27-18-9-3-4-10-19(18)28-23/h1-14H. The summed E-state index contributed by atoms with van der Waals surface area (Å²) in [6, 6.07) is 26.1. The van der Waals surface area contributed by atoms with Crippen LogP contribution in [0.4, 0.5) is 0 Å². The van der Waals surface area contributed by atoms with E-state index < -0.39 is 0 Å². The van der Waals surface area contributed by atoms with Gasteiger partial charge >= 0.3 is 0 Å². The zero-order valence-corrected chi connectivity index (χ0v) is 20.4. The van der Waals surface area contributed by atoms with Crippen molar-refractivity contribution in [2.45, 2.75) is 29.4 Å². The fourth-order valence-electron chi connectivity index (χ4n) is 3.20. The molecule has 0 aliphatic carbocycles. The van der Waals surface area contributed by atoms with Crippen LogP contribution in [0.15, 0.2) is 133 Å². The second-order valence-electron chi connectivity index (χ2n) is 6.62. The van der Waals surface area contributed by atoms with Crippen molar-refractivity contribution >= 4 is 70.6 Å². The maximum absolute atomic E-state index is 2.38. The zero-order chi connectivity index (χ0) is 19.9. The van der Waals surface area contributed by atoms with Crippen LogP contribution >= 0.6 is 70.6 Å². The Kier molecular flexibility index (Phi) is 5.56. The van der Waals surface area contributed by atoms with Gasteiger partial charge in [0, 0.05) is 29.4 Å². The summed E-state index contributed by atoms with van der Waals surface area (Å²) in [5.41, 5.74) is 1.31. The number of rotatable bonds is 2. The van der Waals surface area contributed by atoms with Crippen LogP contribution in [-0.2, 0) is 0 Å². The molecule has 30 heavy (non-hydrogen) atoms. The van der Waals surface area contributed by atoms with E-state index in [1.807, 2.05) is 70.6 Å². The lowest BCUT2D eigenvalue weighted by molar-refractivity contribution is 1.27. The molecular weight excluding hydrogens is 481 g/mol. The average Bonchev–Trinajstić information content (AvgIpc) is 3.48. The molecular formula is C24H14S6. The van der Waals surface area contributed by atoms with E-state index in [1.54, 1.807) is 0 Å². The van der Waals surface area contributed by atoms with Gasteiger partial charge in [0.15, 0.2) is 0 Å². The van der Waals surface area contributed by atoms with Crippen LogP contribution in [0.1, 0.15) is 0 Å². The highest BCUT2D eigenvalue weighted by Gasteiger charge is 2.23. The molecule has 3 heterocycles. The van der Waals surface area contributed by atoms with Gasteiger partial charge in [-0.1, -0.05) is 107 Å². The number of fused-ring (bicyclic) bond motifs is 3. The minimum absolute atomic E-state index is 1.31. The van der Waals surface area contributed by atoms with Crippen LogP contribution in [0.5, 0.6) is 0 Å². The number of allylic oxidation sites excluding steroid dienone is 3. The summed E-state index contributed by atoms with van der Waals surface area (Å²) in [4.78, 5) is 8.15. The lowest BCUT2D eigenvalue weighted by atomic mass is 10.3. The molecule has 0 saturated heterocycles. The molecule has 0 N–H and O–H groups in total. The van der Waals surface area contributed by atoms with Gasteiger partial charge in [-0.25, -0.2) is 0 Å². The third kappa shape index (κ3) is 3.94. The number of hydrogen-bond acceptors (Lipinski definition) is 6. The molecule has 146 valence electrons. The maximum atomic E-state index is 2.38. The van der Waals surface area contributed by atoms with Crippen LogP contribution in [0, 0.1) is 0 Å². The van der Waals surface area contributed by atoms with Gasteiger partial charge in [0.2, 0.25) is 0 Å². The Bertz CT molecular complexity index is 1110. The lowest BCUT2D eigenvalue weighted by Crippen LogP contribution is -1.78. The molecule has 0 atom stereocenters. The van der Waals surface area contributed by atoms with E-state index in [0.29, 0.717) is 0 Å². The zero-order valence-electron chi connectivity index (χ0n) is 15.5. The van der Waals surface area contributed by atoms with Gasteiger partial charge in [0.05, 0.1) is 12.7 Å². The van der Waals surface area contributed by atoms with Crippen LogP contribution in [-0.4, -0.2) is 0 Å². The molecule has 3 aliphatic heterocycles. The fraction of sp³-hybridized carbons (Fsp3) is 0. The number of thioether (sulfide) groups is 6. The largest absolute Gasteiger partial charge is 0.0815 e. The summed E-state index contributed by atoms with van der Waals surface area (Å²) >= 11 is 11.3. The smallest absolute Gasteiger partial charge is 0.0573 e. The highest BCUT2D eigenvalue weighted by atomic mass is 32.2. The molecule has 6 heteroatoms. The molecule has 3 aliphatic rings. The molecule has 3 aromatic carbocycles. The van der Waals surface area contributed by atoms with Crippen molar-refractivity contribution in [3.8, 4) is 0 Å². The topological polar surface area (TPSA) is 0 Å². The fourth-order valence-corrected chi connectivity index (χ4v) is 10.4. The summed E-state index contributed by atoms with van der Waals surface area (Å²) in [6.07, 6.45) is 4.77. The monoisotopic (exact) mass is 494 g/mol. The molecule has 0 fully saturated rings. The SMILES string of the molecule is C(=C1Sc2ccccc2S1)C(C=C1Sc2ccccc2S1)=C1Sc2ccccc2S1.